The average molecular weight is 439 g/mol. The molecule has 178 valence electrons. The average Bonchev–Trinajstić information content (AvgIpc) is 2.81. The van der Waals surface area contributed by atoms with Crippen molar-refractivity contribution >= 4 is 11.6 Å². The minimum absolute atomic E-state index is 0.156. The summed E-state index contributed by atoms with van der Waals surface area (Å²) >= 11 is 0. The van der Waals surface area contributed by atoms with Crippen LogP contribution in [0.5, 0.6) is 0 Å². The van der Waals surface area contributed by atoms with Crippen LogP contribution in [0.1, 0.15) is 127 Å². The summed E-state index contributed by atoms with van der Waals surface area (Å²) in [5.41, 5.74) is 2.24. The van der Waals surface area contributed by atoms with Crippen molar-refractivity contribution in [2.45, 2.75) is 111 Å². The standard InChI is InChI=1S/C15H26O.C15H20O/c2*1-11-3-5-14(6-4-11)15-9-7-13(8-10-15)12(2)16/h11,13-15H,3-10H2,1-2H3;7-11,14H,3-6H2,1-2H3. The molecule has 0 radical (unpaired) electrons. The van der Waals surface area contributed by atoms with E-state index in [1.165, 1.54) is 82.6 Å². The van der Waals surface area contributed by atoms with E-state index < -0.39 is 0 Å². The Morgan fingerprint density at radius 1 is 0.625 bits per heavy atom. The Bertz CT molecular complexity index is 710. The van der Waals surface area contributed by atoms with Crippen molar-refractivity contribution in [3.8, 4) is 0 Å². The van der Waals surface area contributed by atoms with E-state index in [4.69, 9.17) is 0 Å². The van der Waals surface area contributed by atoms with E-state index >= 15 is 0 Å². The molecular formula is C30H46O2. The van der Waals surface area contributed by atoms with E-state index in [2.05, 4.69) is 26.0 Å². The third-order valence-corrected chi connectivity index (χ3v) is 8.88. The van der Waals surface area contributed by atoms with Crippen LogP contribution in [0.2, 0.25) is 0 Å². The van der Waals surface area contributed by atoms with Crippen LogP contribution in [0.25, 0.3) is 0 Å². The van der Waals surface area contributed by atoms with Crippen LogP contribution in [0.3, 0.4) is 0 Å². The number of benzene rings is 1. The second-order valence-corrected chi connectivity index (χ2v) is 11.4. The highest BCUT2D eigenvalue weighted by atomic mass is 16.1. The number of ketones is 2. The Kier molecular flexibility index (Phi) is 9.56. The molecule has 0 amide bonds. The Balaban J connectivity index is 0.000000181. The topological polar surface area (TPSA) is 34.1 Å². The van der Waals surface area contributed by atoms with Crippen molar-refractivity contribution in [1.82, 2.24) is 0 Å². The van der Waals surface area contributed by atoms with Crippen molar-refractivity contribution in [2.24, 2.45) is 29.6 Å². The molecule has 0 N–H and O–H groups in total. The molecular weight excluding hydrogens is 392 g/mol. The van der Waals surface area contributed by atoms with E-state index in [1.54, 1.807) is 13.8 Å². The first-order valence-corrected chi connectivity index (χ1v) is 13.4. The van der Waals surface area contributed by atoms with Crippen molar-refractivity contribution in [1.29, 1.82) is 0 Å². The maximum absolute atomic E-state index is 11.3. The number of rotatable bonds is 4. The van der Waals surface area contributed by atoms with Gasteiger partial charge in [0.2, 0.25) is 0 Å². The Labute approximate surface area is 197 Å². The lowest BCUT2D eigenvalue weighted by Gasteiger charge is -2.36. The maximum atomic E-state index is 11.3. The van der Waals surface area contributed by atoms with E-state index in [1.807, 2.05) is 12.1 Å². The summed E-state index contributed by atoms with van der Waals surface area (Å²) in [7, 11) is 0. The van der Waals surface area contributed by atoms with Crippen molar-refractivity contribution in [3.63, 3.8) is 0 Å². The molecule has 0 heterocycles. The fourth-order valence-corrected chi connectivity index (χ4v) is 6.34. The van der Waals surface area contributed by atoms with Gasteiger partial charge in [0.1, 0.15) is 5.78 Å². The van der Waals surface area contributed by atoms with Gasteiger partial charge in [-0.05, 0) is 100 Å². The molecule has 3 fully saturated rings. The van der Waals surface area contributed by atoms with Gasteiger partial charge in [-0.1, -0.05) is 63.8 Å². The second kappa shape index (κ2) is 12.1. The molecule has 0 bridgehead atoms. The van der Waals surface area contributed by atoms with Crippen LogP contribution in [0, 0.1) is 29.6 Å². The van der Waals surface area contributed by atoms with Crippen LogP contribution < -0.4 is 0 Å². The summed E-state index contributed by atoms with van der Waals surface area (Å²) in [5.74, 6) is 5.50. The zero-order valence-corrected chi connectivity index (χ0v) is 21.1. The molecule has 0 spiro atoms. The van der Waals surface area contributed by atoms with Crippen LogP contribution in [0.15, 0.2) is 24.3 Å². The van der Waals surface area contributed by atoms with Crippen LogP contribution in [-0.2, 0) is 4.79 Å². The fraction of sp³-hybridized carbons (Fsp3) is 0.733. The van der Waals surface area contributed by atoms with Gasteiger partial charge in [0, 0.05) is 11.5 Å². The summed E-state index contributed by atoms with van der Waals surface area (Å²) in [4.78, 5) is 22.5. The molecule has 3 aliphatic carbocycles. The molecule has 0 aliphatic heterocycles. The minimum Gasteiger partial charge on any atom is -0.300 e. The molecule has 0 aromatic heterocycles. The second-order valence-electron chi connectivity index (χ2n) is 11.4. The van der Waals surface area contributed by atoms with Crippen LogP contribution in [0.4, 0.5) is 0 Å². The van der Waals surface area contributed by atoms with Gasteiger partial charge in [-0.3, -0.25) is 9.59 Å². The summed E-state index contributed by atoms with van der Waals surface area (Å²) < 4.78 is 0. The van der Waals surface area contributed by atoms with Gasteiger partial charge in [0.25, 0.3) is 0 Å². The predicted octanol–water partition coefficient (Wildman–Crippen LogP) is 8.39. The van der Waals surface area contributed by atoms with E-state index in [0.717, 1.165) is 35.2 Å². The number of carbonyl (C=O) groups is 2. The molecule has 3 saturated carbocycles. The molecule has 32 heavy (non-hydrogen) atoms. The fourth-order valence-electron chi connectivity index (χ4n) is 6.34. The van der Waals surface area contributed by atoms with Crippen LogP contribution >= 0.6 is 0 Å². The molecule has 4 rings (SSSR count). The van der Waals surface area contributed by atoms with Gasteiger partial charge in [0.15, 0.2) is 5.78 Å². The number of carbonyl (C=O) groups excluding carboxylic acids is 2. The predicted molar refractivity (Wildman–Crippen MR) is 134 cm³/mol. The SMILES string of the molecule is CC(=O)C1CCC(C2CCC(C)CC2)CC1.CC(=O)c1ccc(C2CCC(C)CC2)cc1. The monoisotopic (exact) mass is 438 g/mol. The quantitative estimate of drug-likeness (QED) is 0.442. The normalized spacial score (nSPS) is 33.0. The number of hydrogen-bond donors (Lipinski definition) is 0. The molecule has 1 aromatic carbocycles. The summed E-state index contributed by atoms with van der Waals surface area (Å²) in [6.07, 6.45) is 16.1. The van der Waals surface area contributed by atoms with Crippen LogP contribution in [-0.4, -0.2) is 11.6 Å². The lowest BCUT2D eigenvalue weighted by Crippen LogP contribution is -2.27. The molecule has 1 aromatic rings. The summed E-state index contributed by atoms with van der Waals surface area (Å²) in [6.45, 7) is 8.13. The Hall–Kier alpha value is -1.44. The van der Waals surface area contributed by atoms with Gasteiger partial charge in [-0.2, -0.15) is 0 Å². The first-order chi connectivity index (χ1) is 15.3. The van der Waals surface area contributed by atoms with Gasteiger partial charge < -0.3 is 0 Å². The lowest BCUT2D eigenvalue weighted by atomic mass is 9.69. The molecule has 2 heteroatoms. The molecule has 0 atom stereocenters. The number of hydrogen-bond acceptors (Lipinski definition) is 2. The lowest BCUT2D eigenvalue weighted by molar-refractivity contribution is -0.122. The largest absolute Gasteiger partial charge is 0.300 e. The molecule has 2 nitrogen and oxygen atoms in total. The first kappa shape index (κ1) is 25.2. The molecule has 0 saturated heterocycles. The van der Waals surface area contributed by atoms with E-state index in [9.17, 15) is 9.59 Å². The Morgan fingerprint density at radius 2 is 1.06 bits per heavy atom. The highest BCUT2D eigenvalue weighted by Crippen LogP contribution is 2.41. The Morgan fingerprint density at radius 3 is 1.50 bits per heavy atom. The maximum Gasteiger partial charge on any atom is 0.159 e. The van der Waals surface area contributed by atoms with Crippen molar-refractivity contribution in [2.75, 3.05) is 0 Å². The highest BCUT2D eigenvalue weighted by molar-refractivity contribution is 5.94. The first-order valence-electron chi connectivity index (χ1n) is 13.4. The van der Waals surface area contributed by atoms with Gasteiger partial charge >= 0.3 is 0 Å². The smallest absolute Gasteiger partial charge is 0.159 e. The number of Topliss-reactive ketones (excluding diaryl/α,β-unsaturated/α-hetero) is 2. The van der Waals surface area contributed by atoms with Gasteiger partial charge in [0.05, 0.1) is 0 Å². The van der Waals surface area contributed by atoms with Gasteiger partial charge in [-0.25, -0.2) is 0 Å². The molecule has 3 aliphatic rings. The highest BCUT2D eigenvalue weighted by Gasteiger charge is 2.31. The van der Waals surface area contributed by atoms with Crippen molar-refractivity contribution in [3.05, 3.63) is 35.4 Å². The molecule has 0 unspecified atom stereocenters. The minimum atomic E-state index is 0.156. The van der Waals surface area contributed by atoms with Gasteiger partial charge in [-0.15, -0.1) is 0 Å². The summed E-state index contributed by atoms with van der Waals surface area (Å²) in [5, 5.41) is 0. The summed E-state index contributed by atoms with van der Waals surface area (Å²) in [6, 6.07) is 8.21. The third kappa shape index (κ3) is 7.29. The zero-order valence-electron chi connectivity index (χ0n) is 21.1. The van der Waals surface area contributed by atoms with E-state index in [0.29, 0.717) is 11.7 Å². The zero-order chi connectivity index (χ0) is 23.1. The van der Waals surface area contributed by atoms with E-state index in [-0.39, 0.29) is 5.78 Å². The third-order valence-electron chi connectivity index (χ3n) is 8.88. The van der Waals surface area contributed by atoms with Crippen molar-refractivity contribution < 1.29 is 9.59 Å².